The molecule has 0 saturated carbocycles. The van der Waals surface area contributed by atoms with Crippen LogP contribution >= 0.6 is 0 Å². The van der Waals surface area contributed by atoms with E-state index in [4.69, 9.17) is 10.5 Å². The second-order valence-corrected chi connectivity index (χ2v) is 3.70. The number of hydrogen-bond acceptors (Lipinski definition) is 3. The third kappa shape index (κ3) is 3.33. The van der Waals surface area contributed by atoms with Crippen molar-refractivity contribution in [3.8, 4) is 11.5 Å². The zero-order valence-corrected chi connectivity index (χ0v) is 9.80. The lowest BCUT2D eigenvalue weighted by Crippen LogP contribution is -2.21. The van der Waals surface area contributed by atoms with Crippen LogP contribution in [0.5, 0.6) is 11.5 Å². The Morgan fingerprint density at radius 3 is 2.50 bits per heavy atom. The zero-order valence-electron chi connectivity index (χ0n) is 9.80. The van der Waals surface area contributed by atoms with E-state index < -0.39 is 0 Å². The molecule has 0 atom stereocenters. The second kappa shape index (κ2) is 5.84. The van der Waals surface area contributed by atoms with Crippen molar-refractivity contribution in [3.05, 3.63) is 54.6 Å². The lowest BCUT2D eigenvalue weighted by molar-refractivity contribution is -0.114. The fraction of sp³-hybridized carbons (Fsp3) is 0.0714. The normalized spacial score (nSPS) is 9.83. The molecule has 0 spiro atoms. The highest BCUT2D eigenvalue weighted by atomic mass is 16.5. The van der Waals surface area contributed by atoms with Gasteiger partial charge in [0.15, 0.2) is 0 Å². The standard InChI is InChI=1S/C14H14N2O2/c15-10-14(17)16-11-5-4-8-13(9-11)18-12-6-2-1-3-7-12/h1-9H,10,15H2,(H,16,17). The maximum atomic E-state index is 11.2. The van der Waals surface area contributed by atoms with Crippen molar-refractivity contribution in [2.75, 3.05) is 11.9 Å². The number of carbonyl (C=O) groups excluding carboxylic acids is 1. The highest BCUT2D eigenvalue weighted by Gasteiger charge is 2.01. The molecule has 0 radical (unpaired) electrons. The number of nitrogens with two attached hydrogens (primary N) is 1. The molecular weight excluding hydrogens is 228 g/mol. The smallest absolute Gasteiger partial charge is 0.238 e. The number of hydrogen-bond donors (Lipinski definition) is 2. The lowest BCUT2D eigenvalue weighted by atomic mass is 10.3. The summed E-state index contributed by atoms with van der Waals surface area (Å²) in [5, 5.41) is 2.67. The maximum Gasteiger partial charge on any atom is 0.238 e. The highest BCUT2D eigenvalue weighted by Crippen LogP contribution is 2.23. The summed E-state index contributed by atoms with van der Waals surface area (Å²) in [6, 6.07) is 16.6. The van der Waals surface area contributed by atoms with Crippen molar-refractivity contribution in [1.82, 2.24) is 0 Å². The van der Waals surface area contributed by atoms with Crippen LogP contribution in [0.3, 0.4) is 0 Å². The first-order valence-corrected chi connectivity index (χ1v) is 5.61. The van der Waals surface area contributed by atoms with Crippen molar-refractivity contribution in [1.29, 1.82) is 0 Å². The molecule has 0 saturated heterocycles. The van der Waals surface area contributed by atoms with Gasteiger partial charge in [0, 0.05) is 11.8 Å². The molecule has 0 bridgehead atoms. The zero-order chi connectivity index (χ0) is 12.8. The van der Waals surface area contributed by atoms with Crippen LogP contribution in [0, 0.1) is 0 Å². The number of amides is 1. The number of rotatable bonds is 4. The molecule has 4 nitrogen and oxygen atoms in total. The molecule has 4 heteroatoms. The van der Waals surface area contributed by atoms with Crippen LogP contribution in [-0.2, 0) is 4.79 Å². The van der Waals surface area contributed by atoms with E-state index in [2.05, 4.69) is 5.32 Å². The Hall–Kier alpha value is -2.33. The van der Waals surface area contributed by atoms with Crippen molar-refractivity contribution < 1.29 is 9.53 Å². The predicted molar refractivity (Wildman–Crippen MR) is 70.6 cm³/mol. The molecular formula is C14H14N2O2. The molecule has 92 valence electrons. The molecule has 0 aliphatic heterocycles. The van der Waals surface area contributed by atoms with Gasteiger partial charge in [-0.25, -0.2) is 0 Å². The van der Waals surface area contributed by atoms with E-state index >= 15 is 0 Å². The van der Waals surface area contributed by atoms with E-state index in [0.29, 0.717) is 11.4 Å². The van der Waals surface area contributed by atoms with Crippen molar-refractivity contribution in [2.45, 2.75) is 0 Å². The average molecular weight is 242 g/mol. The monoisotopic (exact) mass is 242 g/mol. The summed E-state index contributed by atoms with van der Waals surface area (Å²) in [7, 11) is 0. The van der Waals surface area contributed by atoms with Crippen LogP contribution in [0.1, 0.15) is 0 Å². The summed E-state index contributed by atoms with van der Waals surface area (Å²) in [6.07, 6.45) is 0. The predicted octanol–water partition coefficient (Wildman–Crippen LogP) is 2.38. The van der Waals surface area contributed by atoms with Gasteiger partial charge in [-0.15, -0.1) is 0 Å². The average Bonchev–Trinajstić information content (AvgIpc) is 2.40. The summed E-state index contributed by atoms with van der Waals surface area (Å²) >= 11 is 0. The SMILES string of the molecule is NCC(=O)Nc1cccc(Oc2ccccc2)c1. The highest BCUT2D eigenvalue weighted by molar-refractivity contribution is 5.92. The van der Waals surface area contributed by atoms with Crippen LogP contribution in [0.15, 0.2) is 54.6 Å². The minimum absolute atomic E-state index is 0.0379. The molecule has 0 aromatic heterocycles. The topological polar surface area (TPSA) is 64.4 Å². The van der Waals surface area contributed by atoms with Gasteiger partial charge in [-0.1, -0.05) is 24.3 Å². The Labute approximate surface area is 105 Å². The summed E-state index contributed by atoms with van der Waals surface area (Å²) < 4.78 is 5.65. The van der Waals surface area contributed by atoms with Crippen molar-refractivity contribution in [2.24, 2.45) is 5.73 Å². The Morgan fingerprint density at radius 1 is 1.06 bits per heavy atom. The minimum atomic E-state index is -0.230. The van der Waals surface area contributed by atoms with Gasteiger partial charge in [-0.2, -0.15) is 0 Å². The number of benzene rings is 2. The Morgan fingerprint density at radius 2 is 1.78 bits per heavy atom. The molecule has 0 aliphatic carbocycles. The molecule has 2 rings (SSSR count). The first-order chi connectivity index (χ1) is 8.78. The molecule has 18 heavy (non-hydrogen) atoms. The number of carbonyl (C=O) groups is 1. The van der Waals surface area contributed by atoms with Gasteiger partial charge in [0.25, 0.3) is 0 Å². The molecule has 0 fully saturated rings. The molecule has 2 aromatic rings. The Balaban J connectivity index is 2.10. The minimum Gasteiger partial charge on any atom is -0.457 e. The van der Waals surface area contributed by atoms with Crippen molar-refractivity contribution >= 4 is 11.6 Å². The van der Waals surface area contributed by atoms with Gasteiger partial charge in [-0.3, -0.25) is 4.79 Å². The number of anilines is 1. The first-order valence-electron chi connectivity index (χ1n) is 5.61. The molecule has 0 unspecified atom stereocenters. The molecule has 3 N–H and O–H groups in total. The van der Waals surface area contributed by atoms with Gasteiger partial charge in [0.2, 0.25) is 5.91 Å². The third-order valence-corrected chi connectivity index (χ3v) is 2.28. The molecule has 0 heterocycles. The van der Waals surface area contributed by atoms with Crippen molar-refractivity contribution in [3.63, 3.8) is 0 Å². The Bertz CT molecular complexity index is 526. The number of ether oxygens (including phenoxy) is 1. The largest absolute Gasteiger partial charge is 0.457 e. The second-order valence-electron chi connectivity index (χ2n) is 3.70. The van der Waals surface area contributed by atoms with Crippen LogP contribution in [-0.4, -0.2) is 12.5 Å². The molecule has 2 aromatic carbocycles. The summed E-state index contributed by atoms with van der Waals surface area (Å²) in [6.45, 7) is -0.0379. The molecule has 1 amide bonds. The van der Waals surface area contributed by atoms with Gasteiger partial charge >= 0.3 is 0 Å². The number of para-hydroxylation sites is 1. The van der Waals surface area contributed by atoms with E-state index in [0.717, 1.165) is 5.75 Å². The fourth-order valence-corrected chi connectivity index (χ4v) is 1.47. The van der Waals surface area contributed by atoms with Crippen LogP contribution in [0.25, 0.3) is 0 Å². The lowest BCUT2D eigenvalue weighted by Gasteiger charge is -2.08. The maximum absolute atomic E-state index is 11.2. The van der Waals surface area contributed by atoms with E-state index in [9.17, 15) is 4.79 Å². The summed E-state index contributed by atoms with van der Waals surface area (Å²) in [4.78, 5) is 11.2. The fourth-order valence-electron chi connectivity index (χ4n) is 1.47. The summed E-state index contributed by atoms with van der Waals surface area (Å²) in [5.41, 5.74) is 5.90. The quantitative estimate of drug-likeness (QED) is 0.865. The first kappa shape index (κ1) is 12.1. The van der Waals surface area contributed by atoms with Gasteiger partial charge in [0.05, 0.1) is 6.54 Å². The van der Waals surface area contributed by atoms with Crippen LogP contribution in [0.2, 0.25) is 0 Å². The Kier molecular flexibility index (Phi) is 3.94. The van der Waals surface area contributed by atoms with E-state index in [1.165, 1.54) is 0 Å². The van der Waals surface area contributed by atoms with E-state index in [1.54, 1.807) is 12.1 Å². The third-order valence-electron chi connectivity index (χ3n) is 2.28. The summed E-state index contributed by atoms with van der Waals surface area (Å²) in [5.74, 6) is 1.18. The van der Waals surface area contributed by atoms with Gasteiger partial charge < -0.3 is 15.8 Å². The number of nitrogens with one attached hydrogen (secondary N) is 1. The van der Waals surface area contributed by atoms with Crippen LogP contribution < -0.4 is 15.8 Å². The van der Waals surface area contributed by atoms with E-state index in [1.807, 2.05) is 42.5 Å². The van der Waals surface area contributed by atoms with Crippen LogP contribution in [0.4, 0.5) is 5.69 Å². The van der Waals surface area contributed by atoms with Gasteiger partial charge in [0.1, 0.15) is 11.5 Å². The van der Waals surface area contributed by atoms with E-state index in [-0.39, 0.29) is 12.5 Å². The molecule has 0 aliphatic rings. The van der Waals surface area contributed by atoms with Gasteiger partial charge in [-0.05, 0) is 24.3 Å².